The molecule has 0 saturated carbocycles. The largest absolute Gasteiger partial charge is 0.492 e. The Morgan fingerprint density at radius 2 is 1.83 bits per heavy atom. The van der Waals surface area contributed by atoms with E-state index < -0.39 is 0 Å². The van der Waals surface area contributed by atoms with E-state index in [0.29, 0.717) is 0 Å². The molecule has 0 N–H and O–H groups in total. The molecule has 0 bridgehead atoms. The minimum atomic E-state index is 0.778. The molecule has 2 aliphatic rings. The van der Waals surface area contributed by atoms with Crippen molar-refractivity contribution in [2.75, 3.05) is 39.3 Å². The van der Waals surface area contributed by atoms with Gasteiger partial charge in [-0.1, -0.05) is 36.4 Å². The number of hydrogen-bond acceptors (Lipinski definition) is 3. The van der Waals surface area contributed by atoms with Crippen molar-refractivity contribution in [2.24, 2.45) is 0 Å². The summed E-state index contributed by atoms with van der Waals surface area (Å²) < 4.78 is 6.12. The maximum absolute atomic E-state index is 6.12. The van der Waals surface area contributed by atoms with Gasteiger partial charge in [0.05, 0.1) is 0 Å². The molecule has 4 rings (SSSR count). The molecule has 2 aromatic rings. The van der Waals surface area contributed by atoms with Crippen molar-refractivity contribution in [3.05, 3.63) is 42.5 Å². The first-order chi connectivity index (χ1) is 11.4. The Hall–Kier alpha value is -1.58. The zero-order valence-corrected chi connectivity index (χ0v) is 13.8. The van der Waals surface area contributed by atoms with Gasteiger partial charge in [-0.25, -0.2) is 0 Å². The summed E-state index contributed by atoms with van der Waals surface area (Å²) in [4.78, 5) is 5.28. The van der Waals surface area contributed by atoms with Crippen LogP contribution < -0.4 is 4.74 Å². The van der Waals surface area contributed by atoms with Crippen LogP contribution in [0.1, 0.15) is 19.3 Å². The summed E-state index contributed by atoms with van der Waals surface area (Å²) in [6.45, 7) is 6.84. The highest BCUT2D eigenvalue weighted by Crippen LogP contribution is 2.25. The van der Waals surface area contributed by atoms with Crippen LogP contribution in [0.5, 0.6) is 5.75 Å². The summed E-state index contributed by atoms with van der Waals surface area (Å²) in [5.74, 6) is 1.01. The normalized spacial score (nSPS) is 22.9. The molecule has 2 heterocycles. The van der Waals surface area contributed by atoms with Crippen LogP contribution in [-0.4, -0.2) is 55.2 Å². The second-order valence-electron chi connectivity index (χ2n) is 6.81. The van der Waals surface area contributed by atoms with Gasteiger partial charge in [-0.05, 0) is 50.3 Å². The van der Waals surface area contributed by atoms with Gasteiger partial charge in [0.25, 0.3) is 0 Å². The van der Waals surface area contributed by atoms with E-state index >= 15 is 0 Å². The number of nitrogens with zero attached hydrogens (tertiary/aromatic N) is 2. The highest BCUT2D eigenvalue weighted by molar-refractivity contribution is 5.88. The van der Waals surface area contributed by atoms with Gasteiger partial charge in [0.1, 0.15) is 12.4 Å². The summed E-state index contributed by atoms with van der Waals surface area (Å²) >= 11 is 0. The fraction of sp³-hybridized carbons (Fsp3) is 0.500. The average molecular weight is 310 g/mol. The van der Waals surface area contributed by atoms with Crippen molar-refractivity contribution < 1.29 is 4.74 Å². The highest BCUT2D eigenvalue weighted by atomic mass is 16.5. The molecule has 2 saturated heterocycles. The van der Waals surface area contributed by atoms with Crippen molar-refractivity contribution in [1.29, 1.82) is 0 Å². The second kappa shape index (κ2) is 6.90. The van der Waals surface area contributed by atoms with Gasteiger partial charge in [0.15, 0.2) is 0 Å². The lowest BCUT2D eigenvalue weighted by Gasteiger charge is -2.25. The number of hydrogen-bond donors (Lipinski definition) is 0. The molecule has 23 heavy (non-hydrogen) atoms. The number of ether oxygens (including phenoxy) is 1. The number of fused-ring (bicyclic) bond motifs is 2. The minimum Gasteiger partial charge on any atom is -0.492 e. The third kappa shape index (κ3) is 3.36. The minimum absolute atomic E-state index is 0.778. The van der Waals surface area contributed by atoms with Crippen molar-refractivity contribution in [3.63, 3.8) is 0 Å². The summed E-state index contributed by atoms with van der Waals surface area (Å²) in [7, 11) is 0. The molecule has 0 radical (unpaired) electrons. The molecular weight excluding hydrogens is 284 g/mol. The SMILES string of the molecule is c1ccc2c(OCCN3CCCN4CCC[C@@H]4C3)cccc2c1. The Morgan fingerprint density at radius 3 is 2.83 bits per heavy atom. The van der Waals surface area contributed by atoms with Crippen molar-refractivity contribution >= 4 is 10.8 Å². The third-order valence-corrected chi connectivity index (χ3v) is 5.30. The number of rotatable bonds is 4. The second-order valence-corrected chi connectivity index (χ2v) is 6.81. The van der Waals surface area contributed by atoms with Crippen molar-refractivity contribution in [1.82, 2.24) is 9.80 Å². The Kier molecular flexibility index (Phi) is 4.49. The summed E-state index contributed by atoms with van der Waals surface area (Å²) in [5, 5.41) is 2.47. The highest BCUT2D eigenvalue weighted by Gasteiger charge is 2.28. The Bertz CT molecular complexity index is 652. The number of benzene rings is 2. The fourth-order valence-electron chi connectivity index (χ4n) is 4.09. The monoisotopic (exact) mass is 310 g/mol. The van der Waals surface area contributed by atoms with Gasteiger partial charge in [-0.2, -0.15) is 0 Å². The van der Waals surface area contributed by atoms with E-state index in [-0.39, 0.29) is 0 Å². The molecule has 0 spiro atoms. The van der Waals surface area contributed by atoms with Crippen molar-refractivity contribution in [2.45, 2.75) is 25.3 Å². The maximum Gasteiger partial charge on any atom is 0.127 e. The molecule has 1 atom stereocenters. The first-order valence-electron chi connectivity index (χ1n) is 8.97. The van der Waals surface area contributed by atoms with E-state index in [1.807, 2.05) is 0 Å². The quantitative estimate of drug-likeness (QED) is 0.861. The lowest BCUT2D eigenvalue weighted by Crippen LogP contribution is -2.38. The molecular formula is C20H26N2O. The summed E-state index contributed by atoms with van der Waals surface area (Å²) in [5.41, 5.74) is 0. The van der Waals surface area contributed by atoms with E-state index in [4.69, 9.17) is 4.74 Å². The predicted octanol–water partition coefficient (Wildman–Crippen LogP) is 3.39. The first-order valence-corrected chi connectivity index (χ1v) is 8.97. The predicted molar refractivity (Wildman–Crippen MR) is 95.1 cm³/mol. The van der Waals surface area contributed by atoms with Gasteiger partial charge in [-0.15, -0.1) is 0 Å². The van der Waals surface area contributed by atoms with E-state index in [1.54, 1.807) is 0 Å². The Labute approximate surface area is 138 Å². The fourth-order valence-corrected chi connectivity index (χ4v) is 4.09. The van der Waals surface area contributed by atoms with E-state index in [9.17, 15) is 0 Å². The van der Waals surface area contributed by atoms with E-state index in [1.165, 1.54) is 56.2 Å². The standard InChI is InChI=1S/C20H26N2O/c1-2-9-19-17(6-1)7-3-10-20(19)23-15-14-21-11-5-13-22-12-4-8-18(22)16-21/h1-3,6-7,9-10,18H,4-5,8,11-16H2/t18-/m1/s1. The molecule has 2 aromatic carbocycles. The topological polar surface area (TPSA) is 15.7 Å². The molecule has 3 heteroatoms. The van der Waals surface area contributed by atoms with Crippen LogP contribution in [0.3, 0.4) is 0 Å². The van der Waals surface area contributed by atoms with Gasteiger partial charge >= 0.3 is 0 Å². The van der Waals surface area contributed by atoms with E-state index in [2.05, 4.69) is 52.3 Å². The van der Waals surface area contributed by atoms with Crippen molar-refractivity contribution in [3.8, 4) is 5.75 Å². The van der Waals surface area contributed by atoms with Crippen LogP contribution in [0.2, 0.25) is 0 Å². The first kappa shape index (κ1) is 15.0. The molecule has 2 aliphatic heterocycles. The molecule has 122 valence electrons. The van der Waals surface area contributed by atoms with Crippen LogP contribution in [0.15, 0.2) is 42.5 Å². The molecule has 3 nitrogen and oxygen atoms in total. The lowest BCUT2D eigenvalue weighted by molar-refractivity contribution is 0.189. The molecule has 0 unspecified atom stereocenters. The summed E-state index contributed by atoms with van der Waals surface area (Å²) in [6, 6.07) is 15.6. The molecule has 0 aromatic heterocycles. The summed E-state index contributed by atoms with van der Waals surface area (Å²) in [6.07, 6.45) is 4.05. The Balaban J connectivity index is 1.36. The average Bonchev–Trinajstić information content (AvgIpc) is 2.93. The van der Waals surface area contributed by atoms with Crippen LogP contribution in [-0.2, 0) is 0 Å². The van der Waals surface area contributed by atoms with Gasteiger partial charge < -0.3 is 4.74 Å². The van der Waals surface area contributed by atoms with Crippen LogP contribution in [0.25, 0.3) is 10.8 Å². The molecule has 0 aliphatic carbocycles. The van der Waals surface area contributed by atoms with Gasteiger partial charge in [0, 0.05) is 24.5 Å². The lowest BCUT2D eigenvalue weighted by atomic mass is 10.1. The van der Waals surface area contributed by atoms with Gasteiger partial charge in [0.2, 0.25) is 0 Å². The Morgan fingerprint density at radius 1 is 0.957 bits per heavy atom. The molecule has 0 amide bonds. The van der Waals surface area contributed by atoms with Crippen LogP contribution >= 0.6 is 0 Å². The molecule has 2 fully saturated rings. The van der Waals surface area contributed by atoms with Crippen LogP contribution in [0, 0.1) is 0 Å². The zero-order chi connectivity index (χ0) is 15.5. The van der Waals surface area contributed by atoms with Crippen LogP contribution in [0.4, 0.5) is 0 Å². The van der Waals surface area contributed by atoms with Gasteiger partial charge in [-0.3, -0.25) is 9.80 Å². The maximum atomic E-state index is 6.12. The van der Waals surface area contributed by atoms with E-state index in [0.717, 1.165) is 24.9 Å². The third-order valence-electron chi connectivity index (χ3n) is 5.30. The zero-order valence-electron chi connectivity index (χ0n) is 13.8. The smallest absolute Gasteiger partial charge is 0.127 e.